The summed E-state index contributed by atoms with van der Waals surface area (Å²) in [7, 11) is 0. The SMILES string of the molecule is CCCc1cc(Nc2ccc(OCC)c(CCl)c2)ncn1. The molecule has 5 heteroatoms. The number of halogens is 1. The lowest BCUT2D eigenvalue weighted by atomic mass is 10.2. The van der Waals surface area contributed by atoms with E-state index in [2.05, 4.69) is 22.2 Å². The molecule has 0 aliphatic rings. The van der Waals surface area contributed by atoms with E-state index in [9.17, 15) is 0 Å². The predicted octanol–water partition coefficient (Wildman–Crippen LogP) is 4.31. The van der Waals surface area contributed by atoms with Gasteiger partial charge in [0.15, 0.2) is 0 Å². The van der Waals surface area contributed by atoms with Crippen molar-refractivity contribution in [1.29, 1.82) is 0 Å². The highest BCUT2D eigenvalue weighted by Crippen LogP contribution is 2.26. The summed E-state index contributed by atoms with van der Waals surface area (Å²) in [5, 5.41) is 3.28. The fraction of sp³-hybridized carbons (Fsp3) is 0.375. The summed E-state index contributed by atoms with van der Waals surface area (Å²) in [4.78, 5) is 8.50. The Hall–Kier alpha value is -1.81. The van der Waals surface area contributed by atoms with E-state index >= 15 is 0 Å². The first-order valence-electron chi connectivity index (χ1n) is 7.16. The summed E-state index contributed by atoms with van der Waals surface area (Å²) >= 11 is 5.98. The first kappa shape index (κ1) is 15.6. The minimum absolute atomic E-state index is 0.412. The molecule has 0 unspecified atom stereocenters. The van der Waals surface area contributed by atoms with Gasteiger partial charge in [-0.25, -0.2) is 9.97 Å². The van der Waals surface area contributed by atoms with Crippen LogP contribution in [0.1, 0.15) is 31.5 Å². The monoisotopic (exact) mass is 305 g/mol. The molecule has 0 aliphatic carbocycles. The predicted molar refractivity (Wildman–Crippen MR) is 86.5 cm³/mol. The van der Waals surface area contributed by atoms with Crippen molar-refractivity contribution in [1.82, 2.24) is 9.97 Å². The number of hydrogen-bond donors (Lipinski definition) is 1. The van der Waals surface area contributed by atoms with Gasteiger partial charge in [-0.3, -0.25) is 0 Å². The topological polar surface area (TPSA) is 47.0 Å². The number of rotatable bonds is 7. The Balaban J connectivity index is 2.17. The maximum Gasteiger partial charge on any atom is 0.133 e. The van der Waals surface area contributed by atoms with Crippen LogP contribution in [0.4, 0.5) is 11.5 Å². The molecule has 112 valence electrons. The Morgan fingerprint density at radius 3 is 2.76 bits per heavy atom. The first-order chi connectivity index (χ1) is 10.3. The number of nitrogens with one attached hydrogen (secondary N) is 1. The van der Waals surface area contributed by atoms with Crippen molar-refractivity contribution in [3.8, 4) is 5.75 Å². The lowest BCUT2D eigenvalue weighted by molar-refractivity contribution is 0.337. The lowest BCUT2D eigenvalue weighted by Crippen LogP contribution is -1.99. The molecule has 1 aromatic heterocycles. The molecule has 0 fully saturated rings. The molecule has 2 aromatic rings. The van der Waals surface area contributed by atoms with Crippen LogP contribution in [0.2, 0.25) is 0 Å². The zero-order valence-electron chi connectivity index (χ0n) is 12.4. The van der Waals surface area contributed by atoms with Gasteiger partial charge in [-0.2, -0.15) is 0 Å². The van der Waals surface area contributed by atoms with Crippen LogP contribution in [0.3, 0.4) is 0 Å². The highest BCUT2D eigenvalue weighted by molar-refractivity contribution is 6.17. The number of hydrogen-bond acceptors (Lipinski definition) is 4. The zero-order chi connectivity index (χ0) is 15.1. The van der Waals surface area contributed by atoms with Gasteiger partial charge in [0, 0.05) is 23.0 Å². The van der Waals surface area contributed by atoms with Crippen LogP contribution >= 0.6 is 11.6 Å². The van der Waals surface area contributed by atoms with Crippen LogP contribution in [0.15, 0.2) is 30.6 Å². The first-order valence-corrected chi connectivity index (χ1v) is 7.69. The van der Waals surface area contributed by atoms with Crippen molar-refractivity contribution < 1.29 is 4.74 Å². The van der Waals surface area contributed by atoms with E-state index in [-0.39, 0.29) is 0 Å². The molecule has 2 rings (SSSR count). The van der Waals surface area contributed by atoms with Gasteiger partial charge in [-0.15, -0.1) is 11.6 Å². The van der Waals surface area contributed by atoms with Gasteiger partial charge in [0.2, 0.25) is 0 Å². The van der Waals surface area contributed by atoms with Crippen molar-refractivity contribution in [3.05, 3.63) is 41.9 Å². The molecular weight excluding hydrogens is 286 g/mol. The van der Waals surface area contributed by atoms with E-state index in [1.807, 2.05) is 31.2 Å². The smallest absolute Gasteiger partial charge is 0.133 e. The molecule has 0 bridgehead atoms. The molecule has 1 heterocycles. The number of ether oxygens (including phenoxy) is 1. The molecule has 1 aromatic carbocycles. The molecule has 0 saturated carbocycles. The van der Waals surface area contributed by atoms with E-state index in [1.54, 1.807) is 6.33 Å². The number of aryl methyl sites for hydroxylation is 1. The quantitative estimate of drug-likeness (QED) is 0.774. The minimum atomic E-state index is 0.412. The van der Waals surface area contributed by atoms with Gasteiger partial charge in [0.1, 0.15) is 17.9 Å². The van der Waals surface area contributed by atoms with Crippen LogP contribution in [0, 0.1) is 0 Å². The van der Waals surface area contributed by atoms with E-state index in [4.69, 9.17) is 16.3 Å². The third kappa shape index (κ3) is 4.33. The normalized spacial score (nSPS) is 10.4. The average Bonchev–Trinajstić information content (AvgIpc) is 2.50. The largest absolute Gasteiger partial charge is 0.494 e. The summed E-state index contributed by atoms with van der Waals surface area (Å²) in [5.74, 6) is 2.03. The number of aromatic nitrogens is 2. The summed E-state index contributed by atoms with van der Waals surface area (Å²) in [6.45, 7) is 4.72. The van der Waals surface area contributed by atoms with Gasteiger partial charge in [0.25, 0.3) is 0 Å². The van der Waals surface area contributed by atoms with Gasteiger partial charge in [0.05, 0.1) is 12.5 Å². The Bertz CT molecular complexity index is 589. The van der Waals surface area contributed by atoms with Crippen molar-refractivity contribution >= 4 is 23.1 Å². The van der Waals surface area contributed by atoms with Crippen molar-refractivity contribution in [2.24, 2.45) is 0 Å². The van der Waals surface area contributed by atoms with E-state index in [1.165, 1.54) is 0 Å². The molecule has 4 nitrogen and oxygen atoms in total. The van der Waals surface area contributed by atoms with Crippen LogP contribution in [-0.4, -0.2) is 16.6 Å². The highest BCUT2D eigenvalue weighted by atomic mass is 35.5. The molecule has 0 saturated heterocycles. The van der Waals surface area contributed by atoms with E-state index < -0.39 is 0 Å². The summed E-state index contributed by atoms with van der Waals surface area (Å²) < 4.78 is 5.55. The van der Waals surface area contributed by atoms with Gasteiger partial charge < -0.3 is 10.1 Å². The Morgan fingerprint density at radius 1 is 1.19 bits per heavy atom. The highest BCUT2D eigenvalue weighted by Gasteiger charge is 2.05. The Labute approximate surface area is 130 Å². The van der Waals surface area contributed by atoms with Crippen molar-refractivity contribution in [3.63, 3.8) is 0 Å². The number of alkyl halides is 1. The lowest BCUT2D eigenvalue weighted by Gasteiger charge is -2.11. The molecule has 0 atom stereocenters. The van der Waals surface area contributed by atoms with Crippen LogP contribution in [-0.2, 0) is 12.3 Å². The number of anilines is 2. The summed E-state index contributed by atoms with van der Waals surface area (Å²) in [6.07, 6.45) is 3.60. The maximum absolute atomic E-state index is 5.98. The van der Waals surface area contributed by atoms with Crippen LogP contribution < -0.4 is 10.1 Å². The molecule has 0 aliphatic heterocycles. The fourth-order valence-corrected chi connectivity index (χ4v) is 2.27. The van der Waals surface area contributed by atoms with Gasteiger partial charge in [-0.05, 0) is 31.5 Å². The van der Waals surface area contributed by atoms with Gasteiger partial charge in [-0.1, -0.05) is 13.3 Å². The van der Waals surface area contributed by atoms with Crippen molar-refractivity contribution in [2.45, 2.75) is 32.6 Å². The average molecular weight is 306 g/mol. The Kier molecular flexibility index (Phi) is 5.81. The third-order valence-corrected chi connectivity index (χ3v) is 3.29. The maximum atomic E-state index is 5.98. The Morgan fingerprint density at radius 2 is 2.05 bits per heavy atom. The minimum Gasteiger partial charge on any atom is -0.494 e. The number of nitrogens with zero attached hydrogens (tertiary/aromatic N) is 2. The molecule has 1 N–H and O–H groups in total. The van der Waals surface area contributed by atoms with Crippen LogP contribution in [0.25, 0.3) is 0 Å². The fourth-order valence-electron chi connectivity index (χ4n) is 2.06. The summed E-state index contributed by atoms with van der Waals surface area (Å²) in [5.41, 5.74) is 2.94. The van der Waals surface area contributed by atoms with E-state index in [0.29, 0.717) is 12.5 Å². The van der Waals surface area contributed by atoms with E-state index in [0.717, 1.165) is 41.4 Å². The second-order valence-electron chi connectivity index (χ2n) is 4.66. The molecule has 0 amide bonds. The molecular formula is C16H20ClN3O. The second-order valence-corrected chi connectivity index (χ2v) is 4.93. The standard InChI is InChI=1S/C16H20ClN3O/c1-3-5-13-9-16(19-11-18-13)20-14-6-7-15(21-4-2)12(8-14)10-17/h6-9,11H,3-5,10H2,1-2H3,(H,18,19,20). The zero-order valence-corrected chi connectivity index (χ0v) is 13.2. The molecule has 21 heavy (non-hydrogen) atoms. The van der Waals surface area contributed by atoms with Crippen LogP contribution in [0.5, 0.6) is 5.75 Å². The third-order valence-electron chi connectivity index (χ3n) is 3.01. The van der Waals surface area contributed by atoms with Gasteiger partial charge >= 0.3 is 0 Å². The molecule has 0 radical (unpaired) electrons. The molecule has 0 spiro atoms. The number of benzene rings is 1. The summed E-state index contributed by atoms with van der Waals surface area (Å²) in [6, 6.07) is 7.85. The van der Waals surface area contributed by atoms with Crippen molar-refractivity contribution in [2.75, 3.05) is 11.9 Å². The second kappa shape index (κ2) is 7.84.